The zero-order chi connectivity index (χ0) is 20.2. The highest BCUT2D eigenvalue weighted by Gasteiger charge is 2.37. The summed E-state index contributed by atoms with van der Waals surface area (Å²) in [4.78, 5) is 16.8. The fourth-order valence-corrected chi connectivity index (χ4v) is 2.52. The number of aromatic nitrogens is 1. The van der Waals surface area contributed by atoms with Crippen LogP contribution in [0.4, 0.5) is 0 Å². The lowest BCUT2D eigenvalue weighted by atomic mass is 9.95. The molecular formula is C22H29NO4. The molecule has 0 bridgehead atoms. The fourth-order valence-electron chi connectivity index (χ4n) is 2.52. The quantitative estimate of drug-likeness (QED) is 0.765. The molecule has 5 nitrogen and oxygen atoms in total. The van der Waals surface area contributed by atoms with Gasteiger partial charge in [-0.25, -0.2) is 4.79 Å². The molecule has 1 aromatic carbocycles. The summed E-state index contributed by atoms with van der Waals surface area (Å²) in [6, 6.07) is 10.8. The van der Waals surface area contributed by atoms with Crippen molar-refractivity contribution < 1.29 is 19.4 Å². The Balaban J connectivity index is 2.17. The van der Waals surface area contributed by atoms with E-state index in [0.29, 0.717) is 11.3 Å². The number of pyridine rings is 1. The van der Waals surface area contributed by atoms with Crippen molar-refractivity contribution in [1.29, 1.82) is 0 Å². The SMILES string of the molecule is CCc1ccc(C(C)Oc2cccc(C(C)(O)C(=O)OC(C)(C)C)c2)nc1. The van der Waals surface area contributed by atoms with Gasteiger partial charge in [-0.3, -0.25) is 4.98 Å². The van der Waals surface area contributed by atoms with Gasteiger partial charge in [0.2, 0.25) is 0 Å². The van der Waals surface area contributed by atoms with Gasteiger partial charge in [-0.2, -0.15) is 0 Å². The Morgan fingerprint density at radius 3 is 2.44 bits per heavy atom. The molecule has 0 aliphatic carbocycles. The second kappa shape index (κ2) is 8.09. The number of esters is 1. The van der Waals surface area contributed by atoms with Crippen molar-refractivity contribution in [1.82, 2.24) is 4.98 Å². The summed E-state index contributed by atoms with van der Waals surface area (Å²) >= 11 is 0. The highest BCUT2D eigenvalue weighted by Crippen LogP contribution is 2.29. The lowest BCUT2D eigenvalue weighted by Gasteiger charge is -2.28. The van der Waals surface area contributed by atoms with Crippen molar-refractivity contribution in [2.24, 2.45) is 0 Å². The Kier molecular flexibility index (Phi) is 6.26. The van der Waals surface area contributed by atoms with E-state index < -0.39 is 17.2 Å². The molecule has 0 aliphatic rings. The van der Waals surface area contributed by atoms with E-state index in [-0.39, 0.29) is 6.10 Å². The van der Waals surface area contributed by atoms with E-state index in [1.807, 2.05) is 25.3 Å². The standard InChI is InChI=1S/C22H29NO4/c1-7-16-11-12-19(23-14-16)15(2)26-18-10-8-9-17(13-18)22(6,25)20(24)27-21(3,4)5/h8-15,25H,7H2,1-6H3. The average molecular weight is 371 g/mol. The number of carbonyl (C=O) groups excluding carboxylic acids is 1. The van der Waals surface area contributed by atoms with Crippen LogP contribution in [0.5, 0.6) is 5.75 Å². The zero-order valence-corrected chi connectivity index (χ0v) is 16.9. The van der Waals surface area contributed by atoms with E-state index in [9.17, 15) is 9.90 Å². The first-order valence-electron chi connectivity index (χ1n) is 9.21. The van der Waals surface area contributed by atoms with Crippen LogP contribution in [0.2, 0.25) is 0 Å². The van der Waals surface area contributed by atoms with E-state index in [4.69, 9.17) is 9.47 Å². The highest BCUT2D eigenvalue weighted by molar-refractivity contribution is 5.81. The summed E-state index contributed by atoms with van der Waals surface area (Å²) < 4.78 is 11.3. The van der Waals surface area contributed by atoms with Gasteiger partial charge in [-0.1, -0.05) is 25.1 Å². The third-order valence-corrected chi connectivity index (χ3v) is 4.18. The van der Waals surface area contributed by atoms with E-state index in [1.54, 1.807) is 45.0 Å². The molecule has 27 heavy (non-hydrogen) atoms. The molecule has 0 radical (unpaired) electrons. The molecule has 2 atom stereocenters. The largest absolute Gasteiger partial charge is 0.484 e. The maximum atomic E-state index is 12.4. The Morgan fingerprint density at radius 2 is 1.89 bits per heavy atom. The van der Waals surface area contributed by atoms with E-state index in [1.165, 1.54) is 12.5 Å². The van der Waals surface area contributed by atoms with Gasteiger partial charge < -0.3 is 14.6 Å². The monoisotopic (exact) mass is 371 g/mol. The van der Waals surface area contributed by atoms with Gasteiger partial charge in [-0.15, -0.1) is 0 Å². The molecule has 0 spiro atoms. The Labute approximate surface area is 161 Å². The number of rotatable bonds is 6. The van der Waals surface area contributed by atoms with E-state index in [2.05, 4.69) is 11.9 Å². The molecule has 0 amide bonds. The number of carbonyl (C=O) groups is 1. The van der Waals surface area contributed by atoms with Crippen molar-refractivity contribution in [3.63, 3.8) is 0 Å². The zero-order valence-electron chi connectivity index (χ0n) is 16.9. The lowest BCUT2D eigenvalue weighted by molar-refractivity contribution is -0.176. The summed E-state index contributed by atoms with van der Waals surface area (Å²) in [6.45, 7) is 10.7. The number of hydrogen-bond donors (Lipinski definition) is 1. The van der Waals surface area contributed by atoms with Crippen molar-refractivity contribution in [3.8, 4) is 5.75 Å². The van der Waals surface area contributed by atoms with E-state index in [0.717, 1.165) is 12.1 Å². The van der Waals surface area contributed by atoms with Crippen LogP contribution >= 0.6 is 0 Å². The predicted octanol–water partition coefficient (Wildman–Crippen LogP) is 4.33. The molecule has 2 rings (SSSR count). The predicted molar refractivity (Wildman–Crippen MR) is 105 cm³/mol. The third kappa shape index (κ3) is 5.54. The van der Waals surface area contributed by atoms with Crippen LogP contribution < -0.4 is 4.74 Å². The molecule has 1 N–H and O–H groups in total. The molecule has 0 fully saturated rings. The molecule has 0 saturated carbocycles. The topological polar surface area (TPSA) is 68.7 Å². The molecule has 0 aliphatic heterocycles. The van der Waals surface area contributed by atoms with Gasteiger partial charge in [0.05, 0.1) is 5.69 Å². The van der Waals surface area contributed by atoms with Crippen LogP contribution in [0.3, 0.4) is 0 Å². The van der Waals surface area contributed by atoms with Crippen molar-refractivity contribution >= 4 is 5.97 Å². The molecule has 2 unspecified atom stereocenters. The maximum Gasteiger partial charge on any atom is 0.343 e. The van der Waals surface area contributed by atoms with Gasteiger partial charge in [0, 0.05) is 6.20 Å². The number of hydrogen-bond acceptors (Lipinski definition) is 5. The summed E-state index contributed by atoms with van der Waals surface area (Å²) in [5.41, 5.74) is -0.0506. The van der Waals surface area contributed by atoms with Gasteiger partial charge in [0.25, 0.3) is 0 Å². The van der Waals surface area contributed by atoms with E-state index >= 15 is 0 Å². The summed E-state index contributed by atoms with van der Waals surface area (Å²) in [7, 11) is 0. The minimum absolute atomic E-state index is 0.266. The van der Waals surface area contributed by atoms with Crippen LogP contribution in [0.1, 0.15) is 64.5 Å². The molecule has 146 valence electrons. The first kappa shape index (κ1) is 20.9. The number of ether oxygens (including phenoxy) is 2. The second-order valence-corrected chi connectivity index (χ2v) is 7.81. The van der Waals surface area contributed by atoms with Gasteiger partial charge in [-0.05, 0) is 70.4 Å². The average Bonchev–Trinajstić information content (AvgIpc) is 2.60. The Morgan fingerprint density at radius 1 is 1.19 bits per heavy atom. The number of nitrogens with zero attached hydrogens (tertiary/aromatic N) is 1. The first-order valence-corrected chi connectivity index (χ1v) is 9.21. The molecule has 1 heterocycles. The smallest absolute Gasteiger partial charge is 0.343 e. The van der Waals surface area contributed by atoms with Crippen molar-refractivity contribution in [3.05, 3.63) is 59.4 Å². The van der Waals surface area contributed by atoms with Crippen LogP contribution in [0, 0.1) is 0 Å². The molecule has 1 aromatic heterocycles. The van der Waals surface area contributed by atoms with Crippen molar-refractivity contribution in [2.45, 2.75) is 65.3 Å². The fraction of sp³-hybridized carbons (Fsp3) is 0.455. The summed E-state index contributed by atoms with van der Waals surface area (Å²) in [5, 5.41) is 10.7. The normalized spacial score (nSPS) is 14.9. The van der Waals surface area contributed by atoms with Crippen molar-refractivity contribution in [2.75, 3.05) is 0 Å². The summed E-state index contributed by atoms with van der Waals surface area (Å²) in [6.07, 6.45) is 2.51. The Hall–Kier alpha value is -2.40. The van der Waals surface area contributed by atoms with Crippen LogP contribution in [0.15, 0.2) is 42.6 Å². The van der Waals surface area contributed by atoms with Gasteiger partial charge in [0.15, 0.2) is 5.60 Å². The first-order chi connectivity index (χ1) is 12.5. The third-order valence-electron chi connectivity index (χ3n) is 4.18. The minimum atomic E-state index is -1.77. The molecule has 0 saturated heterocycles. The second-order valence-electron chi connectivity index (χ2n) is 7.81. The number of aryl methyl sites for hydroxylation is 1. The molecular weight excluding hydrogens is 342 g/mol. The number of benzene rings is 1. The van der Waals surface area contributed by atoms with Gasteiger partial charge in [0.1, 0.15) is 17.5 Å². The van der Waals surface area contributed by atoms with Crippen LogP contribution in [-0.2, 0) is 21.6 Å². The van der Waals surface area contributed by atoms with Crippen LogP contribution in [0.25, 0.3) is 0 Å². The van der Waals surface area contributed by atoms with Gasteiger partial charge >= 0.3 is 5.97 Å². The minimum Gasteiger partial charge on any atom is -0.484 e. The lowest BCUT2D eigenvalue weighted by Crippen LogP contribution is -2.38. The molecule has 5 heteroatoms. The van der Waals surface area contributed by atoms with Crippen LogP contribution in [-0.4, -0.2) is 21.7 Å². The Bertz CT molecular complexity index is 776. The maximum absolute atomic E-state index is 12.4. The number of aliphatic hydroxyl groups is 1. The highest BCUT2D eigenvalue weighted by atomic mass is 16.6. The molecule has 2 aromatic rings. The summed E-state index contributed by atoms with van der Waals surface area (Å²) in [5.74, 6) is -0.151.